The summed E-state index contributed by atoms with van der Waals surface area (Å²) in [7, 11) is 1.75. The maximum atomic E-state index is 11.9. The van der Waals surface area contributed by atoms with E-state index in [2.05, 4.69) is 15.4 Å². The molecule has 1 aliphatic heterocycles. The highest BCUT2D eigenvalue weighted by molar-refractivity contribution is 5.83. The van der Waals surface area contributed by atoms with Gasteiger partial charge in [-0.25, -0.2) is 14.6 Å². The molecule has 0 bridgehead atoms. The van der Waals surface area contributed by atoms with E-state index in [4.69, 9.17) is 5.11 Å². The Labute approximate surface area is 115 Å². The van der Waals surface area contributed by atoms with Gasteiger partial charge < -0.3 is 20.4 Å². The van der Waals surface area contributed by atoms with Crippen molar-refractivity contribution in [2.45, 2.75) is 25.0 Å². The number of hydrogen-bond acceptors (Lipinski definition) is 5. The minimum atomic E-state index is -1.11. The van der Waals surface area contributed by atoms with Crippen LogP contribution in [0.15, 0.2) is 6.33 Å². The average molecular weight is 283 g/mol. The van der Waals surface area contributed by atoms with E-state index in [9.17, 15) is 14.7 Å². The molecule has 20 heavy (non-hydrogen) atoms. The van der Waals surface area contributed by atoms with Gasteiger partial charge in [0.1, 0.15) is 12.4 Å². The van der Waals surface area contributed by atoms with Gasteiger partial charge in [-0.1, -0.05) is 0 Å². The lowest BCUT2D eigenvalue weighted by Crippen LogP contribution is -2.46. The molecule has 2 atom stereocenters. The first kappa shape index (κ1) is 14.3. The maximum absolute atomic E-state index is 11.9. The number of nitrogens with one attached hydrogen (secondary N) is 1. The Morgan fingerprint density at radius 3 is 2.90 bits per heavy atom. The number of rotatable bonds is 4. The number of hydrogen-bond donors (Lipinski definition) is 3. The zero-order valence-corrected chi connectivity index (χ0v) is 11.1. The number of amides is 2. The molecule has 2 heterocycles. The van der Waals surface area contributed by atoms with Crippen LogP contribution in [-0.4, -0.2) is 67.1 Å². The van der Waals surface area contributed by atoms with Crippen LogP contribution in [0.4, 0.5) is 4.79 Å². The lowest BCUT2D eigenvalue weighted by atomic mass is 10.2. The summed E-state index contributed by atoms with van der Waals surface area (Å²) in [4.78, 5) is 28.1. The lowest BCUT2D eigenvalue weighted by molar-refractivity contribution is -0.141. The topological polar surface area (TPSA) is 121 Å². The Hall–Kier alpha value is -2.16. The second-order valence-electron chi connectivity index (χ2n) is 4.71. The predicted molar refractivity (Wildman–Crippen MR) is 66.9 cm³/mol. The predicted octanol–water partition coefficient (Wildman–Crippen LogP) is -1.41. The summed E-state index contributed by atoms with van der Waals surface area (Å²) < 4.78 is 1.56. The van der Waals surface area contributed by atoms with E-state index in [1.165, 1.54) is 0 Å². The van der Waals surface area contributed by atoms with Crippen LogP contribution in [0.1, 0.15) is 12.2 Å². The summed E-state index contributed by atoms with van der Waals surface area (Å²) in [6.45, 7) is 0.340. The molecule has 0 spiro atoms. The van der Waals surface area contributed by atoms with Crippen molar-refractivity contribution in [1.82, 2.24) is 25.0 Å². The van der Waals surface area contributed by atoms with Crippen LogP contribution >= 0.6 is 0 Å². The summed E-state index contributed by atoms with van der Waals surface area (Å²) in [6.07, 6.45) is 1.29. The van der Waals surface area contributed by atoms with E-state index in [-0.39, 0.29) is 13.0 Å². The molecule has 9 nitrogen and oxygen atoms in total. The third kappa shape index (κ3) is 3.23. The molecule has 0 aliphatic carbocycles. The second kappa shape index (κ2) is 5.87. The maximum Gasteiger partial charge on any atom is 0.326 e. The first-order valence-electron chi connectivity index (χ1n) is 6.27. The van der Waals surface area contributed by atoms with Crippen molar-refractivity contribution >= 4 is 12.0 Å². The van der Waals surface area contributed by atoms with Gasteiger partial charge in [-0.05, 0) is 0 Å². The van der Waals surface area contributed by atoms with Gasteiger partial charge >= 0.3 is 12.0 Å². The summed E-state index contributed by atoms with van der Waals surface area (Å²) in [5, 5.41) is 25.1. The molecule has 1 aliphatic rings. The van der Waals surface area contributed by atoms with Crippen LogP contribution in [0.25, 0.3) is 0 Å². The number of urea groups is 1. The number of carbonyl (C=O) groups excluding carboxylic acids is 1. The fourth-order valence-electron chi connectivity index (χ4n) is 2.15. The first-order chi connectivity index (χ1) is 9.47. The molecule has 0 saturated carbocycles. The number of aliphatic hydroxyl groups is 1. The largest absolute Gasteiger partial charge is 0.480 e. The number of nitrogens with zero attached hydrogens (tertiary/aromatic N) is 4. The van der Waals surface area contributed by atoms with Gasteiger partial charge in [0.2, 0.25) is 0 Å². The van der Waals surface area contributed by atoms with E-state index in [0.717, 1.165) is 4.90 Å². The van der Waals surface area contributed by atoms with E-state index >= 15 is 0 Å². The molecule has 1 saturated heterocycles. The van der Waals surface area contributed by atoms with Crippen molar-refractivity contribution in [3.63, 3.8) is 0 Å². The molecule has 110 valence electrons. The zero-order valence-electron chi connectivity index (χ0n) is 11.1. The lowest BCUT2D eigenvalue weighted by Gasteiger charge is -2.21. The highest BCUT2D eigenvalue weighted by Crippen LogP contribution is 2.17. The van der Waals surface area contributed by atoms with Crippen LogP contribution in [0, 0.1) is 0 Å². The molecule has 2 amide bonds. The minimum Gasteiger partial charge on any atom is -0.480 e. The van der Waals surface area contributed by atoms with E-state index in [1.807, 2.05) is 0 Å². The molecular formula is C11H17N5O4. The zero-order chi connectivity index (χ0) is 14.7. The highest BCUT2D eigenvalue weighted by atomic mass is 16.4. The smallest absolute Gasteiger partial charge is 0.326 e. The van der Waals surface area contributed by atoms with Crippen LogP contribution in [0.2, 0.25) is 0 Å². The number of β-amino-alcohol motifs (C(OH)–C–C–N with tert-alkyl or cyclic N) is 1. The number of aromatic nitrogens is 3. The molecule has 3 N–H and O–H groups in total. The van der Waals surface area contributed by atoms with Crippen molar-refractivity contribution in [3.05, 3.63) is 12.2 Å². The molecule has 1 aromatic heterocycles. The van der Waals surface area contributed by atoms with Gasteiger partial charge in [-0.2, -0.15) is 5.10 Å². The Bertz CT molecular complexity index is 503. The third-order valence-electron chi connectivity index (χ3n) is 3.10. The van der Waals surface area contributed by atoms with Crippen LogP contribution < -0.4 is 5.32 Å². The fraction of sp³-hybridized carbons (Fsp3) is 0.636. The quantitative estimate of drug-likeness (QED) is 0.624. The summed E-state index contributed by atoms with van der Waals surface area (Å²) in [5.74, 6) is -0.507. The van der Waals surface area contributed by atoms with Gasteiger partial charge in [0, 0.05) is 33.0 Å². The second-order valence-corrected chi connectivity index (χ2v) is 4.71. The Balaban J connectivity index is 1.83. The number of aliphatic carboxylic acids is 1. The number of aryl methyl sites for hydroxylation is 1. The highest BCUT2D eigenvalue weighted by Gasteiger charge is 2.38. The molecule has 1 aromatic rings. The standard InChI is InChI=1S/C11H17N5O4/c1-15-6-13-9(14-15)2-3-12-11(20)16-5-7(17)4-8(16)10(18)19/h6-8,17H,2-5H2,1H3,(H,12,20)(H,18,19)/t7?,8-/m0/s1. The SMILES string of the molecule is Cn1cnc(CCNC(=O)N2CC(O)C[C@H]2C(=O)O)n1. The number of carboxylic acid groups (broad SMARTS) is 1. The van der Waals surface area contributed by atoms with E-state index in [1.54, 1.807) is 18.1 Å². The fourth-order valence-corrected chi connectivity index (χ4v) is 2.15. The number of likely N-dealkylation sites (tertiary alicyclic amines) is 1. The molecule has 1 fully saturated rings. The molecule has 0 aromatic carbocycles. The minimum absolute atomic E-state index is 0.0324. The molecule has 2 rings (SSSR count). The van der Waals surface area contributed by atoms with Gasteiger partial charge in [-0.3, -0.25) is 4.68 Å². The van der Waals surface area contributed by atoms with Crippen molar-refractivity contribution in [3.8, 4) is 0 Å². The Morgan fingerprint density at radius 2 is 2.30 bits per heavy atom. The number of carbonyl (C=O) groups is 2. The van der Waals surface area contributed by atoms with Crippen LogP contribution in [0.3, 0.4) is 0 Å². The summed E-state index contributed by atoms with van der Waals surface area (Å²) in [5.41, 5.74) is 0. The number of carboxylic acids is 1. The summed E-state index contributed by atoms with van der Waals surface area (Å²) in [6, 6.07) is -1.47. The van der Waals surface area contributed by atoms with Crippen molar-refractivity contribution in [2.75, 3.05) is 13.1 Å². The monoisotopic (exact) mass is 283 g/mol. The molecule has 1 unspecified atom stereocenters. The molecule has 9 heteroatoms. The normalized spacial score (nSPS) is 22.0. The average Bonchev–Trinajstić information content (AvgIpc) is 2.95. The van der Waals surface area contributed by atoms with Gasteiger partial charge in [0.25, 0.3) is 0 Å². The van der Waals surface area contributed by atoms with Gasteiger partial charge in [0.05, 0.1) is 6.10 Å². The Kier molecular flexibility index (Phi) is 4.18. The molecular weight excluding hydrogens is 266 g/mol. The third-order valence-corrected chi connectivity index (χ3v) is 3.10. The van der Waals surface area contributed by atoms with Crippen molar-refractivity contribution in [1.29, 1.82) is 0 Å². The van der Waals surface area contributed by atoms with Crippen molar-refractivity contribution in [2.24, 2.45) is 7.05 Å². The van der Waals surface area contributed by atoms with E-state index in [0.29, 0.717) is 18.8 Å². The summed E-state index contributed by atoms with van der Waals surface area (Å²) >= 11 is 0. The molecule has 0 radical (unpaired) electrons. The van der Waals surface area contributed by atoms with Gasteiger partial charge in [-0.15, -0.1) is 0 Å². The van der Waals surface area contributed by atoms with Gasteiger partial charge in [0.15, 0.2) is 5.82 Å². The number of aliphatic hydroxyl groups excluding tert-OH is 1. The van der Waals surface area contributed by atoms with Crippen LogP contribution in [-0.2, 0) is 18.3 Å². The van der Waals surface area contributed by atoms with Crippen molar-refractivity contribution < 1.29 is 19.8 Å². The van der Waals surface area contributed by atoms with E-state index < -0.39 is 24.1 Å². The Morgan fingerprint density at radius 1 is 1.55 bits per heavy atom. The first-order valence-corrected chi connectivity index (χ1v) is 6.27. The van der Waals surface area contributed by atoms with Crippen LogP contribution in [0.5, 0.6) is 0 Å².